The smallest absolute Gasteiger partial charge is 0.123 e. The van der Waals surface area contributed by atoms with Gasteiger partial charge in [-0.15, -0.1) is 10.2 Å². The molecule has 0 atom stereocenters. The van der Waals surface area contributed by atoms with Crippen molar-refractivity contribution in [1.29, 1.82) is 0 Å². The van der Waals surface area contributed by atoms with Gasteiger partial charge in [-0.05, 0) is 31.5 Å². The highest BCUT2D eigenvalue weighted by atomic mass is 15.2. The van der Waals surface area contributed by atoms with E-state index in [2.05, 4.69) is 46.4 Å². The van der Waals surface area contributed by atoms with Gasteiger partial charge in [0.05, 0.1) is 5.69 Å². The monoisotopic (exact) mass is 270 g/mol. The molecule has 1 aromatic carbocycles. The van der Waals surface area contributed by atoms with Gasteiger partial charge in [-0.3, -0.25) is 9.47 Å². The van der Waals surface area contributed by atoms with Crippen LogP contribution in [0, 0.1) is 0 Å². The molecule has 1 aliphatic rings. The maximum Gasteiger partial charge on any atom is 0.123 e. The Morgan fingerprint density at radius 2 is 1.80 bits per heavy atom. The summed E-state index contributed by atoms with van der Waals surface area (Å²) in [6.45, 7) is 0.985. The molecule has 4 nitrogen and oxygen atoms in total. The number of para-hydroxylation sites is 1. The largest absolute Gasteiger partial charge is 0.299 e. The van der Waals surface area contributed by atoms with Crippen LogP contribution in [0.1, 0.15) is 37.7 Å². The molecule has 0 radical (unpaired) electrons. The fraction of sp³-hybridized carbons (Fsp3) is 0.500. The lowest BCUT2D eigenvalue weighted by molar-refractivity contribution is 0.184. The minimum Gasteiger partial charge on any atom is -0.299 e. The van der Waals surface area contributed by atoms with E-state index >= 15 is 0 Å². The van der Waals surface area contributed by atoms with Crippen LogP contribution < -0.4 is 0 Å². The molecule has 3 rings (SSSR count). The molecule has 20 heavy (non-hydrogen) atoms. The average molecular weight is 270 g/mol. The van der Waals surface area contributed by atoms with Crippen LogP contribution in [0.2, 0.25) is 0 Å². The highest BCUT2D eigenvalue weighted by Gasteiger charge is 2.18. The molecule has 1 aromatic heterocycles. The van der Waals surface area contributed by atoms with Crippen LogP contribution in [-0.2, 0) is 6.54 Å². The van der Waals surface area contributed by atoms with E-state index in [4.69, 9.17) is 0 Å². The summed E-state index contributed by atoms with van der Waals surface area (Å²) in [5.41, 5.74) is 2.51. The molecule has 0 saturated heterocycles. The summed E-state index contributed by atoms with van der Waals surface area (Å²) in [4.78, 5) is 2.50. The van der Waals surface area contributed by atoms with Crippen molar-refractivity contribution >= 4 is 0 Å². The molecule has 0 N–H and O–H groups in total. The molecule has 106 valence electrons. The fourth-order valence-corrected chi connectivity index (χ4v) is 3.14. The first kappa shape index (κ1) is 13.3. The molecule has 4 heteroatoms. The van der Waals surface area contributed by atoms with Gasteiger partial charge in [0.2, 0.25) is 0 Å². The van der Waals surface area contributed by atoms with E-state index in [9.17, 15) is 0 Å². The zero-order valence-electron chi connectivity index (χ0n) is 12.1. The van der Waals surface area contributed by atoms with Crippen LogP contribution in [0.4, 0.5) is 0 Å². The van der Waals surface area contributed by atoms with Crippen LogP contribution in [0.5, 0.6) is 0 Å². The minimum absolute atomic E-state index is 0.734. The van der Waals surface area contributed by atoms with Gasteiger partial charge in [-0.2, -0.15) is 0 Å². The zero-order chi connectivity index (χ0) is 13.8. The van der Waals surface area contributed by atoms with Gasteiger partial charge in [0.15, 0.2) is 0 Å². The van der Waals surface area contributed by atoms with Crippen LogP contribution in [0.25, 0.3) is 5.69 Å². The highest BCUT2D eigenvalue weighted by Crippen LogP contribution is 2.24. The molecule has 0 unspecified atom stereocenters. The predicted molar refractivity (Wildman–Crippen MR) is 79.7 cm³/mol. The summed E-state index contributed by atoms with van der Waals surface area (Å²) in [7, 11) is 2.25. The second-order valence-corrected chi connectivity index (χ2v) is 5.70. The lowest BCUT2D eigenvalue weighted by Gasteiger charge is -2.31. The van der Waals surface area contributed by atoms with E-state index in [1.54, 1.807) is 12.7 Å². The Bertz CT molecular complexity index is 529. The van der Waals surface area contributed by atoms with Gasteiger partial charge in [-0.1, -0.05) is 37.5 Å². The van der Waals surface area contributed by atoms with E-state index in [1.807, 2.05) is 4.57 Å². The second-order valence-electron chi connectivity index (χ2n) is 5.70. The lowest BCUT2D eigenvalue weighted by Crippen LogP contribution is -2.33. The van der Waals surface area contributed by atoms with Crippen molar-refractivity contribution in [2.45, 2.75) is 44.7 Å². The van der Waals surface area contributed by atoms with E-state index < -0.39 is 0 Å². The number of nitrogens with zero attached hydrogens (tertiary/aromatic N) is 4. The van der Waals surface area contributed by atoms with Crippen molar-refractivity contribution in [2.75, 3.05) is 7.05 Å². The summed E-state index contributed by atoms with van der Waals surface area (Å²) in [5.74, 6) is 0. The first-order valence-electron chi connectivity index (χ1n) is 7.48. The second kappa shape index (κ2) is 6.18. The number of benzene rings is 1. The first-order chi connectivity index (χ1) is 9.84. The van der Waals surface area contributed by atoms with Crippen LogP contribution in [0.15, 0.2) is 36.9 Å². The fourth-order valence-electron chi connectivity index (χ4n) is 3.14. The molecular weight excluding hydrogens is 248 g/mol. The third-order valence-electron chi connectivity index (χ3n) is 4.31. The SMILES string of the molecule is CN(Cc1ccccc1-n1cnnc1)C1CCCCC1. The highest BCUT2D eigenvalue weighted by molar-refractivity contribution is 5.40. The Balaban J connectivity index is 1.77. The van der Waals surface area contributed by atoms with E-state index in [0.29, 0.717) is 0 Å². The molecule has 0 bridgehead atoms. The van der Waals surface area contributed by atoms with Crippen LogP contribution >= 0.6 is 0 Å². The molecule has 1 heterocycles. The maximum atomic E-state index is 3.91. The Hall–Kier alpha value is -1.68. The van der Waals surface area contributed by atoms with Gasteiger partial charge in [0, 0.05) is 12.6 Å². The lowest BCUT2D eigenvalue weighted by atomic mass is 9.94. The third-order valence-corrected chi connectivity index (χ3v) is 4.31. The molecule has 0 aliphatic heterocycles. The Kier molecular flexibility index (Phi) is 4.11. The molecule has 2 aromatic rings. The predicted octanol–water partition coefficient (Wildman–Crippen LogP) is 3.03. The third kappa shape index (κ3) is 2.90. The number of hydrogen-bond donors (Lipinski definition) is 0. The maximum absolute atomic E-state index is 3.91. The minimum atomic E-state index is 0.734. The van der Waals surface area contributed by atoms with Crippen LogP contribution in [0.3, 0.4) is 0 Å². The summed E-state index contributed by atoms with van der Waals surface area (Å²) < 4.78 is 1.99. The standard InChI is InChI=1S/C16H22N4/c1-19(15-8-3-2-4-9-15)11-14-7-5-6-10-16(14)20-12-17-18-13-20/h5-7,10,12-13,15H,2-4,8-9,11H2,1H3. The van der Waals surface area contributed by atoms with Gasteiger partial charge < -0.3 is 0 Å². The Labute approximate surface area is 120 Å². The zero-order valence-corrected chi connectivity index (χ0v) is 12.1. The van der Waals surface area contributed by atoms with Gasteiger partial charge in [0.25, 0.3) is 0 Å². The van der Waals surface area contributed by atoms with Gasteiger partial charge in [0.1, 0.15) is 12.7 Å². The summed E-state index contributed by atoms with van der Waals surface area (Å²) in [6, 6.07) is 9.25. The summed E-state index contributed by atoms with van der Waals surface area (Å²) in [5, 5.41) is 7.82. The Morgan fingerprint density at radius 3 is 2.55 bits per heavy atom. The molecule has 1 fully saturated rings. The number of hydrogen-bond acceptors (Lipinski definition) is 3. The van der Waals surface area contributed by atoms with E-state index in [0.717, 1.165) is 12.6 Å². The van der Waals surface area contributed by atoms with Gasteiger partial charge >= 0.3 is 0 Å². The van der Waals surface area contributed by atoms with E-state index in [-0.39, 0.29) is 0 Å². The van der Waals surface area contributed by atoms with E-state index in [1.165, 1.54) is 43.4 Å². The van der Waals surface area contributed by atoms with Crippen molar-refractivity contribution in [3.63, 3.8) is 0 Å². The number of rotatable bonds is 4. The molecule has 1 saturated carbocycles. The summed E-state index contributed by atoms with van der Waals surface area (Å²) in [6.07, 6.45) is 10.4. The summed E-state index contributed by atoms with van der Waals surface area (Å²) >= 11 is 0. The van der Waals surface area contributed by atoms with Crippen molar-refractivity contribution < 1.29 is 0 Å². The normalized spacial score (nSPS) is 16.7. The van der Waals surface area contributed by atoms with Crippen molar-refractivity contribution in [2.24, 2.45) is 0 Å². The van der Waals surface area contributed by atoms with Crippen molar-refractivity contribution in [3.05, 3.63) is 42.5 Å². The average Bonchev–Trinajstić information content (AvgIpc) is 3.03. The Morgan fingerprint density at radius 1 is 1.10 bits per heavy atom. The number of aromatic nitrogens is 3. The van der Waals surface area contributed by atoms with Gasteiger partial charge in [-0.25, -0.2) is 0 Å². The molecule has 0 spiro atoms. The molecular formula is C16H22N4. The van der Waals surface area contributed by atoms with Crippen LogP contribution in [-0.4, -0.2) is 32.8 Å². The topological polar surface area (TPSA) is 34.0 Å². The quantitative estimate of drug-likeness (QED) is 0.856. The molecule has 0 amide bonds. The first-order valence-corrected chi connectivity index (χ1v) is 7.48. The van der Waals surface area contributed by atoms with Crippen molar-refractivity contribution in [3.8, 4) is 5.69 Å². The van der Waals surface area contributed by atoms with Crippen molar-refractivity contribution in [1.82, 2.24) is 19.7 Å². The molecule has 1 aliphatic carbocycles.